The van der Waals surface area contributed by atoms with Gasteiger partial charge in [-0.05, 0) is 36.2 Å². The summed E-state index contributed by atoms with van der Waals surface area (Å²) in [5.74, 6) is -1.10. The summed E-state index contributed by atoms with van der Waals surface area (Å²) in [5, 5.41) is 9.95. The van der Waals surface area contributed by atoms with Crippen molar-refractivity contribution in [1.82, 2.24) is 4.98 Å². The number of ether oxygens (including phenoxy) is 2. The zero-order valence-corrected chi connectivity index (χ0v) is 15.9. The number of methoxy groups -OCH3 is 2. The first-order chi connectivity index (χ1) is 13.5. The van der Waals surface area contributed by atoms with Gasteiger partial charge in [0.1, 0.15) is 11.3 Å². The second-order valence-electron chi connectivity index (χ2n) is 5.66. The van der Waals surface area contributed by atoms with Crippen molar-refractivity contribution in [2.45, 2.75) is 4.90 Å². The van der Waals surface area contributed by atoms with Gasteiger partial charge < -0.3 is 19.3 Å². The van der Waals surface area contributed by atoms with E-state index in [-0.39, 0.29) is 17.1 Å². The number of hydrogen-bond acceptors (Lipinski definition) is 7. The number of hydrogen-bond donors (Lipinski definition) is 2. The van der Waals surface area contributed by atoms with Gasteiger partial charge in [-0.2, -0.15) is 0 Å². The Bertz CT molecular complexity index is 1010. The predicted octanol–water partition coefficient (Wildman–Crippen LogP) is 4.51. The zero-order chi connectivity index (χ0) is 20.1. The fourth-order valence-corrected chi connectivity index (χ4v) is 3.17. The lowest BCUT2D eigenvalue weighted by atomic mass is 10.1. The smallest absolute Gasteiger partial charge is 0.341 e. The van der Waals surface area contributed by atoms with Crippen LogP contribution in [0.5, 0.6) is 11.5 Å². The van der Waals surface area contributed by atoms with Gasteiger partial charge in [-0.15, -0.1) is 0 Å². The Morgan fingerprint density at radius 2 is 2.00 bits per heavy atom. The van der Waals surface area contributed by atoms with E-state index in [2.05, 4.69) is 14.4 Å². The lowest BCUT2D eigenvalue weighted by molar-refractivity contribution is 0.0597. The molecule has 0 unspecified atom stereocenters. The van der Waals surface area contributed by atoms with Crippen LogP contribution in [0.1, 0.15) is 10.4 Å². The average Bonchev–Trinajstić information content (AvgIpc) is 2.72. The Morgan fingerprint density at radius 1 is 1.18 bits per heavy atom. The van der Waals surface area contributed by atoms with E-state index < -0.39 is 11.8 Å². The van der Waals surface area contributed by atoms with Gasteiger partial charge in [0, 0.05) is 40.2 Å². The molecule has 0 spiro atoms. The molecule has 3 aromatic rings. The Kier molecular flexibility index (Phi) is 6.00. The maximum absolute atomic E-state index is 14.5. The molecule has 0 aliphatic rings. The standard InChI is InChI=1S/C20H17FN2O4S/c1-26-18-5-3-4-15(19(18)21)12-8-14(11-22-10-12)28-23-13-6-7-16(17(24)9-13)20(25)27-2/h3-11,23-24H,1-2H3. The van der Waals surface area contributed by atoms with Crippen LogP contribution in [0.3, 0.4) is 0 Å². The minimum absolute atomic E-state index is 0.0789. The molecule has 0 aliphatic carbocycles. The summed E-state index contributed by atoms with van der Waals surface area (Å²) in [5.41, 5.74) is 1.64. The Balaban J connectivity index is 1.77. The highest BCUT2D eigenvalue weighted by Gasteiger charge is 2.13. The fraction of sp³-hybridized carbons (Fsp3) is 0.100. The normalized spacial score (nSPS) is 10.4. The first kappa shape index (κ1) is 19.5. The first-order valence-electron chi connectivity index (χ1n) is 8.15. The van der Waals surface area contributed by atoms with Crippen molar-refractivity contribution in [3.8, 4) is 22.6 Å². The molecule has 0 atom stereocenters. The molecule has 144 valence electrons. The molecule has 0 amide bonds. The van der Waals surface area contributed by atoms with Crippen molar-refractivity contribution < 1.29 is 23.8 Å². The lowest BCUT2D eigenvalue weighted by Gasteiger charge is -2.10. The van der Waals surface area contributed by atoms with Crippen LogP contribution in [-0.4, -0.2) is 30.3 Å². The SMILES string of the molecule is COC(=O)c1ccc(NSc2cncc(-c3cccc(OC)c3F)c2)cc1O. The molecular weight excluding hydrogens is 383 g/mol. The molecule has 6 nitrogen and oxygen atoms in total. The highest BCUT2D eigenvalue weighted by atomic mass is 32.2. The third-order valence-corrected chi connectivity index (χ3v) is 4.69. The molecule has 0 saturated carbocycles. The number of carbonyl (C=O) groups is 1. The second-order valence-corrected chi connectivity index (χ2v) is 6.54. The summed E-state index contributed by atoms with van der Waals surface area (Å²) in [6.45, 7) is 0. The Hall–Kier alpha value is -3.26. The van der Waals surface area contributed by atoms with E-state index in [0.717, 1.165) is 4.90 Å². The van der Waals surface area contributed by atoms with Crippen LogP contribution in [0, 0.1) is 5.82 Å². The Morgan fingerprint density at radius 3 is 2.71 bits per heavy atom. The third kappa shape index (κ3) is 4.17. The predicted molar refractivity (Wildman–Crippen MR) is 105 cm³/mol. The number of benzene rings is 2. The van der Waals surface area contributed by atoms with Crippen LogP contribution in [-0.2, 0) is 4.74 Å². The number of carbonyl (C=O) groups excluding carboxylic acids is 1. The number of pyridine rings is 1. The molecule has 0 radical (unpaired) electrons. The maximum Gasteiger partial charge on any atom is 0.341 e. The van der Waals surface area contributed by atoms with Gasteiger partial charge in [0.15, 0.2) is 11.6 Å². The zero-order valence-electron chi connectivity index (χ0n) is 15.1. The average molecular weight is 400 g/mol. The van der Waals surface area contributed by atoms with Gasteiger partial charge in [0.2, 0.25) is 0 Å². The van der Waals surface area contributed by atoms with Gasteiger partial charge in [0.05, 0.1) is 14.2 Å². The van der Waals surface area contributed by atoms with Crippen molar-refractivity contribution >= 4 is 23.6 Å². The molecule has 3 rings (SSSR count). The number of anilines is 1. The number of aromatic nitrogens is 1. The number of nitrogens with zero attached hydrogens (tertiary/aromatic N) is 1. The van der Waals surface area contributed by atoms with Gasteiger partial charge in [0.25, 0.3) is 0 Å². The molecule has 8 heteroatoms. The molecule has 0 bridgehead atoms. The molecule has 1 heterocycles. The molecule has 0 saturated heterocycles. The van der Waals surface area contributed by atoms with Gasteiger partial charge >= 0.3 is 5.97 Å². The number of phenolic OH excluding ortho intramolecular Hbond substituents is 1. The van der Waals surface area contributed by atoms with Crippen molar-refractivity contribution in [3.63, 3.8) is 0 Å². The summed E-state index contributed by atoms with van der Waals surface area (Å²) in [6, 6.07) is 11.2. The molecule has 1 aromatic heterocycles. The van der Waals surface area contributed by atoms with E-state index >= 15 is 0 Å². The van der Waals surface area contributed by atoms with Crippen molar-refractivity contribution in [1.29, 1.82) is 0 Å². The van der Waals surface area contributed by atoms with Crippen molar-refractivity contribution in [2.75, 3.05) is 18.9 Å². The first-order valence-corrected chi connectivity index (χ1v) is 8.97. The minimum atomic E-state index is -0.617. The minimum Gasteiger partial charge on any atom is -0.507 e. The van der Waals surface area contributed by atoms with Crippen LogP contribution in [0.25, 0.3) is 11.1 Å². The van der Waals surface area contributed by atoms with Crippen molar-refractivity contribution in [2.24, 2.45) is 0 Å². The largest absolute Gasteiger partial charge is 0.507 e. The highest BCUT2D eigenvalue weighted by Crippen LogP contribution is 2.32. The number of aromatic hydroxyl groups is 1. The van der Waals surface area contributed by atoms with E-state index in [0.29, 0.717) is 16.8 Å². The number of nitrogens with one attached hydrogen (secondary N) is 1. The lowest BCUT2D eigenvalue weighted by Crippen LogP contribution is -2.01. The van der Waals surface area contributed by atoms with E-state index in [1.807, 2.05) is 0 Å². The number of rotatable bonds is 6. The molecule has 2 N–H and O–H groups in total. The fourth-order valence-electron chi connectivity index (χ4n) is 2.51. The van der Waals surface area contributed by atoms with E-state index in [1.165, 1.54) is 38.3 Å². The van der Waals surface area contributed by atoms with Gasteiger partial charge in [-0.1, -0.05) is 12.1 Å². The summed E-state index contributed by atoms with van der Waals surface area (Å²) < 4.78 is 27.1. The summed E-state index contributed by atoms with van der Waals surface area (Å²) in [4.78, 5) is 16.4. The number of esters is 1. The van der Waals surface area contributed by atoms with Crippen LogP contribution in [0.4, 0.5) is 10.1 Å². The van der Waals surface area contributed by atoms with Crippen LogP contribution >= 0.6 is 11.9 Å². The highest BCUT2D eigenvalue weighted by molar-refractivity contribution is 8.00. The van der Waals surface area contributed by atoms with E-state index in [1.54, 1.807) is 42.7 Å². The van der Waals surface area contributed by atoms with Gasteiger partial charge in [-0.25, -0.2) is 9.18 Å². The molecule has 0 aliphatic heterocycles. The van der Waals surface area contributed by atoms with Crippen molar-refractivity contribution in [3.05, 3.63) is 66.2 Å². The van der Waals surface area contributed by atoms with E-state index in [4.69, 9.17) is 4.74 Å². The van der Waals surface area contributed by atoms with Crippen LogP contribution in [0.2, 0.25) is 0 Å². The van der Waals surface area contributed by atoms with Crippen LogP contribution in [0.15, 0.2) is 59.8 Å². The molecular formula is C20H17FN2O4S. The number of phenols is 1. The monoisotopic (exact) mass is 400 g/mol. The molecule has 28 heavy (non-hydrogen) atoms. The second kappa shape index (κ2) is 8.62. The maximum atomic E-state index is 14.5. The molecule has 0 fully saturated rings. The topological polar surface area (TPSA) is 80.7 Å². The molecule has 2 aromatic carbocycles. The third-order valence-electron chi connectivity index (χ3n) is 3.90. The Labute approximate surface area is 165 Å². The van der Waals surface area contributed by atoms with Gasteiger partial charge in [-0.3, -0.25) is 4.98 Å². The van der Waals surface area contributed by atoms with E-state index in [9.17, 15) is 14.3 Å². The number of halogens is 1. The summed E-state index contributed by atoms with van der Waals surface area (Å²) >= 11 is 1.23. The quantitative estimate of drug-likeness (QED) is 0.465. The van der Waals surface area contributed by atoms with Crippen LogP contribution < -0.4 is 9.46 Å². The summed E-state index contributed by atoms with van der Waals surface area (Å²) in [7, 11) is 2.66. The summed E-state index contributed by atoms with van der Waals surface area (Å²) in [6.07, 6.45) is 3.20.